The third-order valence-electron chi connectivity index (χ3n) is 0.943. The van der Waals surface area contributed by atoms with E-state index in [1.807, 2.05) is 20.4 Å². The van der Waals surface area contributed by atoms with Crippen molar-refractivity contribution >= 4 is 36.0 Å². The van der Waals surface area contributed by atoms with E-state index in [2.05, 4.69) is 23.0 Å². The van der Waals surface area contributed by atoms with Crippen LogP contribution in [0.25, 0.3) is 0 Å². The van der Waals surface area contributed by atoms with Crippen molar-refractivity contribution in [2.45, 2.75) is 0 Å². The first kappa shape index (κ1) is 5.36. The predicted octanol–water partition coefficient (Wildman–Crippen LogP) is 1.75. The minimum absolute atomic E-state index is 0.394. The van der Waals surface area contributed by atoms with Crippen LogP contribution in [-0.4, -0.2) is 15.6 Å². The Balaban J connectivity index is 2.43. The molecule has 2 aliphatic heterocycles. The van der Waals surface area contributed by atoms with Crippen molar-refractivity contribution in [3.63, 3.8) is 0 Å². The molecule has 3 heteroatoms. The van der Waals surface area contributed by atoms with E-state index in [1.54, 1.807) is 4.42 Å². The Morgan fingerprint density at radius 3 is 2.25 bits per heavy atom. The molecule has 0 aromatic heterocycles. The van der Waals surface area contributed by atoms with Gasteiger partial charge in [-0.05, 0) is 0 Å². The molecule has 0 spiro atoms. The van der Waals surface area contributed by atoms with Crippen LogP contribution in [0.4, 0.5) is 0 Å². The summed E-state index contributed by atoms with van der Waals surface area (Å²) in [6.07, 6.45) is 4.48. The van der Waals surface area contributed by atoms with Crippen molar-refractivity contribution in [2.75, 3.05) is 0 Å². The molecule has 0 unspecified atom stereocenters. The second-order valence-corrected chi connectivity index (χ2v) is 11.3. The van der Waals surface area contributed by atoms with E-state index in [4.69, 9.17) is 0 Å². The molecule has 8 heavy (non-hydrogen) atoms. The Kier molecular flexibility index (Phi) is 1.39. The Labute approximate surface area is 59.0 Å². The fourth-order valence-corrected chi connectivity index (χ4v) is 9.54. The minimum atomic E-state index is -0.394. The first-order valence-electron chi connectivity index (χ1n) is 2.25. The SMILES string of the molecule is C1=CC2=[Se](S1)SC=C2. The summed E-state index contributed by atoms with van der Waals surface area (Å²) in [7, 11) is 4.04. The zero-order valence-electron chi connectivity index (χ0n) is 4.03. The van der Waals surface area contributed by atoms with Gasteiger partial charge < -0.3 is 0 Å². The summed E-state index contributed by atoms with van der Waals surface area (Å²) in [5.74, 6) is 0. The molecule has 2 aliphatic rings. The molecular formula is C5H4S2Se. The van der Waals surface area contributed by atoms with Gasteiger partial charge in [-0.25, -0.2) is 0 Å². The van der Waals surface area contributed by atoms with Gasteiger partial charge in [0.1, 0.15) is 0 Å². The molecule has 0 radical (unpaired) electrons. The fraction of sp³-hybridized carbons (Fsp3) is 0. The monoisotopic (exact) mass is 208 g/mol. The zero-order chi connectivity index (χ0) is 5.40. The fourth-order valence-electron chi connectivity index (χ4n) is 0.591. The van der Waals surface area contributed by atoms with Crippen LogP contribution in [0.15, 0.2) is 23.0 Å². The average Bonchev–Trinajstić information content (AvgIpc) is 2.15. The molecular weight excluding hydrogens is 203 g/mol. The Morgan fingerprint density at radius 2 is 1.75 bits per heavy atom. The summed E-state index contributed by atoms with van der Waals surface area (Å²) >= 11 is -0.394. The van der Waals surface area contributed by atoms with Crippen molar-refractivity contribution in [2.24, 2.45) is 0 Å². The van der Waals surface area contributed by atoms with Gasteiger partial charge in [-0.3, -0.25) is 0 Å². The third kappa shape index (κ3) is 0.742. The summed E-state index contributed by atoms with van der Waals surface area (Å²) in [5.41, 5.74) is 0. The van der Waals surface area contributed by atoms with E-state index in [0.29, 0.717) is 0 Å². The number of rotatable bonds is 0. The number of hydrogen-bond acceptors (Lipinski definition) is 2. The van der Waals surface area contributed by atoms with Gasteiger partial charge in [0.2, 0.25) is 0 Å². The van der Waals surface area contributed by atoms with E-state index >= 15 is 0 Å². The van der Waals surface area contributed by atoms with Gasteiger partial charge in [0.15, 0.2) is 0 Å². The molecule has 0 N–H and O–H groups in total. The topological polar surface area (TPSA) is 0 Å². The van der Waals surface area contributed by atoms with Gasteiger partial charge in [0, 0.05) is 0 Å². The van der Waals surface area contributed by atoms with Gasteiger partial charge in [0.05, 0.1) is 0 Å². The predicted molar refractivity (Wildman–Crippen MR) is 44.2 cm³/mol. The van der Waals surface area contributed by atoms with E-state index < -0.39 is 11.2 Å². The second-order valence-electron chi connectivity index (χ2n) is 1.44. The van der Waals surface area contributed by atoms with E-state index in [1.165, 1.54) is 0 Å². The van der Waals surface area contributed by atoms with Crippen LogP contribution in [0.5, 0.6) is 0 Å². The first-order chi connectivity index (χ1) is 3.97. The molecule has 0 aromatic rings. The first-order valence-corrected chi connectivity index (χ1v) is 8.92. The van der Waals surface area contributed by atoms with Crippen LogP contribution in [0.1, 0.15) is 0 Å². The molecule has 0 amide bonds. The molecule has 0 fully saturated rings. The van der Waals surface area contributed by atoms with Gasteiger partial charge in [-0.2, -0.15) is 0 Å². The van der Waals surface area contributed by atoms with Crippen LogP contribution in [0.3, 0.4) is 0 Å². The van der Waals surface area contributed by atoms with Crippen molar-refractivity contribution in [1.29, 1.82) is 0 Å². The van der Waals surface area contributed by atoms with Crippen LogP contribution < -0.4 is 0 Å². The van der Waals surface area contributed by atoms with Crippen molar-refractivity contribution < 1.29 is 0 Å². The number of allylic oxidation sites excluding steroid dienone is 2. The van der Waals surface area contributed by atoms with Gasteiger partial charge in [0.25, 0.3) is 0 Å². The molecule has 0 saturated heterocycles. The van der Waals surface area contributed by atoms with Crippen LogP contribution in [0.2, 0.25) is 0 Å². The summed E-state index contributed by atoms with van der Waals surface area (Å²) in [4.78, 5) is 0. The van der Waals surface area contributed by atoms with E-state index in [9.17, 15) is 0 Å². The van der Waals surface area contributed by atoms with Crippen LogP contribution in [0, 0.1) is 0 Å². The standard InChI is InChI=1S/C5H4S2Se/c1-3-6-8-5(1)2-4-7-8/h1-4H. The van der Waals surface area contributed by atoms with Gasteiger partial charge >= 0.3 is 59.0 Å². The Bertz CT molecular complexity index is 182. The van der Waals surface area contributed by atoms with E-state index in [0.717, 1.165) is 0 Å². The van der Waals surface area contributed by atoms with Crippen molar-refractivity contribution in [1.82, 2.24) is 0 Å². The Hall–Kier alpha value is 0.569. The molecule has 0 aliphatic carbocycles. The average molecular weight is 207 g/mol. The molecule has 0 atom stereocenters. The Morgan fingerprint density at radius 1 is 1.12 bits per heavy atom. The zero-order valence-corrected chi connectivity index (χ0v) is 7.38. The molecule has 2 rings (SSSR count). The van der Waals surface area contributed by atoms with Gasteiger partial charge in [-0.1, -0.05) is 0 Å². The third-order valence-corrected chi connectivity index (χ3v) is 11.2. The summed E-state index contributed by atoms with van der Waals surface area (Å²) in [6, 6.07) is 0. The number of hydrogen-bond donors (Lipinski definition) is 0. The summed E-state index contributed by atoms with van der Waals surface area (Å²) < 4.78 is 1.60. The molecule has 42 valence electrons. The summed E-state index contributed by atoms with van der Waals surface area (Å²) in [6.45, 7) is 0. The van der Waals surface area contributed by atoms with E-state index in [-0.39, 0.29) is 0 Å². The molecule has 0 bridgehead atoms. The van der Waals surface area contributed by atoms with Gasteiger partial charge in [-0.15, -0.1) is 0 Å². The normalized spacial score (nSPS) is 25.2. The van der Waals surface area contributed by atoms with Crippen molar-refractivity contribution in [3.05, 3.63) is 23.0 Å². The quantitative estimate of drug-likeness (QED) is 0.555. The summed E-state index contributed by atoms with van der Waals surface area (Å²) in [5, 5.41) is 4.44. The van der Waals surface area contributed by atoms with Crippen LogP contribution >= 0.6 is 20.4 Å². The molecule has 0 nitrogen and oxygen atoms in total. The maximum atomic E-state index is 2.24. The maximum absolute atomic E-state index is 2.24. The second kappa shape index (κ2) is 2.07. The molecule has 0 aromatic carbocycles. The van der Waals surface area contributed by atoms with Crippen molar-refractivity contribution in [3.8, 4) is 0 Å². The molecule has 0 saturated carbocycles. The molecule has 2 heterocycles. The van der Waals surface area contributed by atoms with Crippen LogP contribution in [-0.2, 0) is 0 Å².